The van der Waals surface area contributed by atoms with E-state index < -0.39 is 5.54 Å². The van der Waals surface area contributed by atoms with Gasteiger partial charge in [0.2, 0.25) is 0 Å². The molecule has 1 fully saturated rings. The van der Waals surface area contributed by atoms with Gasteiger partial charge in [-0.3, -0.25) is 0 Å². The highest BCUT2D eigenvalue weighted by atomic mass is 16.5. The Morgan fingerprint density at radius 1 is 1.19 bits per heavy atom. The number of aryl methyl sites for hydroxylation is 1. The van der Waals surface area contributed by atoms with Crippen LogP contribution in [0.25, 0.3) is 0 Å². The third-order valence-electron chi connectivity index (χ3n) is 5.44. The smallest absolute Gasteiger partial charge is 0.122 e. The lowest BCUT2D eigenvalue weighted by molar-refractivity contribution is 0.198. The van der Waals surface area contributed by atoms with Gasteiger partial charge >= 0.3 is 0 Å². The van der Waals surface area contributed by atoms with E-state index in [0.717, 1.165) is 42.7 Å². The molecule has 0 aliphatic heterocycles. The zero-order valence-electron chi connectivity index (χ0n) is 15.7. The van der Waals surface area contributed by atoms with E-state index in [2.05, 4.69) is 30.3 Å². The number of rotatable bonds is 7. The first-order chi connectivity index (χ1) is 12.5. The molecule has 2 aromatic carbocycles. The molecule has 140 valence electrons. The second kappa shape index (κ2) is 8.11. The van der Waals surface area contributed by atoms with E-state index in [9.17, 15) is 5.11 Å². The van der Waals surface area contributed by atoms with Gasteiger partial charge in [0, 0.05) is 12.0 Å². The predicted octanol–water partition coefficient (Wildman–Crippen LogP) is 3.58. The SMILES string of the molecule is COc1cc(CCOc2ccc([C@@H]3CC[C@](N)(CO)C3)cc2)ccc1C. The van der Waals surface area contributed by atoms with Gasteiger partial charge in [0.15, 0.2) is 0 Å². The summed E-state index contributed by atoms with van der Waals surface area (Å²) >= 11 is 0. The van der Waals surface area contributed by atoms with E-state index in [4.69, 9.17) is 15.2 Å². The minimum Gasteiger partial charge on any atom is -0.496 e. The van der Waals surface area contributed by atoms with Crippen molar-refractivity contribution in [2.45, 2.75) is 44.1 Å². The maximum absolute atomic E-state index is 9.42. The Bertz CT molecular complexity index is 729. The molecular formula is C22H29NO3. The number of nitrogens with two attached hydrogens (primary N) is 1. The van der Waals surface area contributed by atoms with Crippen molar-refractivity contribution in [3.8, 4) is 11.5 Å². The van der Waals surface area contributed by atoms with E-state index in [1.54, 1.807) is 7.11 Å². The van der Waals surface area contributed by atoms with Gasteiger partial charge in [-0.1, -0.05) is 24.3 Å². The number of aliphatic hydroxyl groups excluding tert-OH is 1. The Kier molecular flexibility index (Phi) is 5.84. The second-order valence-corrected chi connectivity index (χ2v) is 7.43. The lowest BCUT2D eigenvalue weighted by Gasteiger charge is -2.21. The molecule has 1 aliphatic rings. The van der Waals surface area contributed by atoms with Crippen LogP contribution in [0, 0.1) is 6.92 Å². The number of hydrogen-bond donors (Lipinski definition) is 2. The summed E-state index contributed by atoms with van der Waals surface area (Å²) in [7, 11) is 1.70. The Morgan fingerprint density at radius 3 is 2.62 bits per heavy atom. The summed E-state index contributed by atoms with van der Waals surface area (Å²) in [5.41, 5.74) is 9.40. The minimum absolute atomic E-state index is 0.0640. The van der Waals surface area contributed by atoms with Crippen LogP contribution in [-0.2, 0) is 6.42 Å². The second-order valence-electron chi connectivity index (χ2n) is 7.43. The first-order valence-corrected chi connectivity index (χ1v) is 9.29. The summed E-state index contributed by atoms with van der Waals surface area (Å²) in [6.45, 7) is 2.74. The quantitative estimate of drug-likeness (QED) is 0.797. The largest absolute Gasteiger partial charge is 0.496 e. The van der Waals surface area contributed by atoms with Crippen molar-refractivity contribution in [2.75, 3.05) is 20.3 Å². The van der Waals surface area contributed by atoms with Crippen molar-refractivity contribution in [1.82, 2.24) is 0 Å². The van der Waals surface area contributed by atoms with Crippen LogP contribution in [0.5, 0.6) is 11.5 Å². The number of methoxy groups -OCH3 is 1. The normalized spacial score (nSPS) is 22.4. The van der Waals surface area contributed by atoms with Crippen LogP contribution in [0.4, 0.5) is 0 Å². The topological polar surface area (TPSA) is 64.7 Å². The third kappa shape index (κ3) is 4.37. The molecule has 0 unspecified atom stereocenters. The molecule has 0 radical (unpaired) electrons. The van der Waals surface area contributed by atoms with E-state index in [1.807, 2.05) is 19.1 Å². The van der Waals surface area contributed by atoms with Crippen molar-refractivity contribution >= 4 is 0 Å². The van der Waals surface area contributed by atoms with E-state index in [1.165, 1.54) is 11.1 Å². The van der Waals surface area contributed by atoms with Gasteiger partial charge in [0.1, 0.15) is 11.5 Å². The van der Waals surface area contributed by atoms with Crippen molar-refractivity contribution in [3.05, 3.63) is 59.2 Å². The molecule has 0 heterocycles. The average molecular weight is 355 g/mol. The zero-order valence-corrected chi connectivity index (χ0v) is 15.7. The monoisotopic (exact) mass is 355 g/mol. The molecular weight excluding hydrogens is 326 g/mol. The molecule has 4 nitrogen and oxygen atoms in total. The minimum atomic E-state index is -0.408. The van der Waals surface area contributed by atoms with Crippen LogP contribution in [0.1, 0.15) is 41.9 Å². The van der Waals surface area contributed by atoms with E-state index in [0.29, 0.717) is 12.5 Å². The van der Waals surface area contributed by atoms with Gasteiger partial charge in [-0.25, -0.2) is 0 Å². The predicted molar refractivity (Wildman–Crippen MR) is 104 cm³/mol. The zero-order chi connectivity index (χ0) is 18.6. The summed E-state index contributed by atoms with van der Waals surface area (Å²) in [6, 6.07) is 14.6. The van der Waals surface area contributed by atoms with Crippen molar-refractivity contribution < 1.29 is 14.6 Å². The third-order valence-corrected chi connectivity index (χ3v) is 5.44. The van der Waals surface area contributed by atoms with Gasteiger partial charge in [-0.2, -0.15) is 0 Å². The Labute approximate surface area is 155 Å². The Balaban J connectivity index is 1.52. The molecule has 3 rings (SSSR count). The van der Waals surface area contributed by atoms with Crippen molar-refractivity contribution in [1.29, 1.82) is 0 Å². The first-order valence-electron chi connectivity index (χ1n) is 9.29. The van der Waals surface area contributed by atoms with E-state index in [-0.39, 0.29) is 6.61 Å². The highest BCUT2D eigenvalue weighted by Gasteiger charge is 2.35. The maximum atomic E-state index is 9.42. The molecule has 0 spiro atoms. The maximum Gasteiger partial charge on any atom is 0.122 e. The molecule has 0 saturated heterocycles. The molecule has 2 aromatic rings. The molecule has 1 aliphatic carbocycles. The number of hydrogen-bond acceptors (Lipinski definition) is 4. The lowest BCUT2D eigenvalue weighted by atomic mass is 9.94. The van der Waals surface area contributed by atoms with Crippen LogP contribution in [-0.4, -0.2) is 31.0 Å². The fourth-order valence-electron chi connectivity index (χ4n) is 3.73. The fraction of sp³-hybridized carbons (Fsp3) is 0.455. The van der Waals surface area contributed by atoms with Crippen molar-refractivity contribution in [3.63, 3.8) is 0 Å². The highest BCUT2D eigenvalue weighted by Crippen LogP contribution is 2.39. The van der Waals surface area contributed by atoms with Crippen LogP contribution < -0.4 is 15.2 Å². The molecule has 3 N–H and O–H groups in total. The number of ether oxygens (including phenoxy) is 2. The van der Waals surface area contributed by atoms with Gasteiger partial charge in [0.25, 0.3) is 0 Å². The summed E-state index contributed by atoms with van der Waals surface area (Å²) in [5.74, 6) is 2.23. The van der Waals surface area contributed by atoms with E-state index >= 15 is 0 Å². The number of benzene rings is 2. The molecule has 4 heteroatoms. The highest BCUT2D eigenvalue weighted by molar-refractivity contribution is 5.36. The Hall–Kier alpha value is -2.04. The number of aliphatic hydroxyl groups is 1. The van der Waals surface area contributed by atoms with Gasteiger partial charge in [0.05, 0.1) is 20.3 Å². The molecule has 26 heavy (non-hydrogen) atoms. The van der Waals surface area contributed by atoms with Crippen LogP contribution in [0.15, 0.2) is 42.5 Å². The van der Waals surface area contributed by atoms with Gasteiger partial charge in [-0.15, -0.1) is 0 Å². The first kappa shape index (κ1) is 18.7. The summed E-state index contributed by atoms with van der Waals surface area (Å²) in [4.78, 5) is 0. The average Bonchev–Trinajstić information content (AvgIpc) is 3.06. The Morgan fingerprint density at radius 2 is 1.96 bits per heavy atom. The summed E-state index contributed by atoms with van der Waals surface area (Å²) in [5, 5.41) is 9.42. The van der Waals surface area contributed by atoms with Crippen LogP contribution >= 0.6 is 0 Å². The lowest BCUT2D eigenvalue weighted by Crippen LogP contribution is -2.40. The van der Waals surface area contributed by atoms with Crippen LogP contribution in [0.2, 0.25) is 0 Å². The molecule has 0 amide bonds. The molecule has 1 saturated carbocycles. The molecule has 2 atom stereocenters. The molecule has 0 bridgehead atoms. The van der Waals surface area contributed by atoms with Crippen LogP contribution in [0.3, 0.4) is 0 Å². The van der Waals surface area contributed by atoms with Crippen molar-refractivity contribution in [2.24, 2.45) is 5.73 Å². The summed E-state index contributed by atoms with van der Waals surface area (Å²) in [6.07, 6.45) is 3.60. The fourth-order valence-corrected chi connectivity index (χ4v) is 3.73. The molecule has 0 aromatic heterocycles. The standard InChI is InChI=1S/C22H29NO3/c1-16-3-4-17(13-21(16)25-2)10-12-26-20-7-5-18(6-8-20)19-9-11-22(23,14-19)15-24/h3-8,13,19,24H,9-12,14-15,23H2,1-2H3/t19-,22-/m1/s1. The summed E-state index contributed by atoms with van der Waals surface area (Å²) < 4.78 is 11.3. The van der Waals surface area contributed by atoms with Gasteiger partial charge < -0.3 is 20.3 Å². The van der Waals surface area contributed by atoms with Gasteiger partial charge in [-0.05, 0) is 67.0 Å².